The molecule has 0 amide bonds. The van der Waals surface area contributed by atoms with Gasteiger partial charge in [0.25, 0.3) is 0 Å². The van der Waals surface area contributed by atoms with Crippen LogP contribution in [0.5, 0.6) is 0 Å². The molecule has 1 unspecified atom stereocenters. The van der Waals surface area contributed by atoms with Crippen LogP contribution in [0.15, 0.2) is 22.8 Å². The first-order chi connectivity index (χ1) is 8.56. The molecule has 1 fully saturated rings. The van der Waals surface area contributed by atoms with E-state index < -0.39 is 11.9 Å². The average molecular weight is 271 g/mol. The molecule has 0 saturated carbocycles. The molecule has 1 N–H and O–H groups in total. The quantitative estimate of drug-likeness (QED) is 0.842. The zero-order valence-electron chi connectivity index (χ0n) is 10.6. The first kappa shape index (κ1) is 13.6. The smallest absolute Gasteiger partial charge is 0.310 e. The summed E-state index contributed by atoms with van der Waals surface area (Å²) in [6.45, 7) is 5.06. The lowest BCUT2D eigenvalue weighted by Gasteiger charge is -2.33. The monoisotopic (exact) mass is 270 g/mol. The summed E-state index contributed by atoms with van der Waals surface area (Å²) in [5, 5.41) is 9.55. The van der Waals surface area contributed by atoms with Gasteiger partial charge in [0.2, 0.25) is 0 Å². The second kappa shape index (κ2) is 5.87. The Morgan fingerprint density at radius 3 is 2.67 bits per heavy atom. The second-order valence-electron chi connectivity index (χ2n) is 5.00. The van der Waals surface area contributed by atoms with E-state index in [9.17, 15) is 4.79 Å². The maximum absolute atomic E-state index is 10.9. The predicted octanol–water partition coefficient (Wildman–Crippen LogP) is 1.39. The molecule has 1 saturated heterocycles. The van der Waals surface area contributed by atoms with Crippen molar-refractivity contribution >= 4 is 17.6 Å². The van der Waals surface area contributed by atoms with E-state index in [1.54, 1.807) is 6.08 Å². The Balaban J connectivity index is 1.91. The van der Waals surface area contributed by atoms with Crippen LogP contribution in [0.1, 0.15) is 6.42 Å². The third-order valence-electron chi connectivity index (χ3n) is 3.58. The number of allylic oxidation sites excluding steroid dienone is 1. The minimum Gasteiger partial charge on any atom is -0.481 e. The highest BCUT2D eigenvalue weighted by Gasteiger charge is 2.22. The number of aliphatic carboxylic acids is 1. The van der Waals surface area contributed by atoms with Gasteiger partial charge in [-0.05, 0) is 19.0 Å². The number of likely N-dealkylation sites (N-methyl/N-ethyl adjacent to an activating group) is 1. The van der Waals surface area contributed by atoms with Crippen molar-refractivity contribution in [3.8, 4) is 0 Å². The fraction of sp³-hybridized carbons (Fsp3) is 0.615. The number of nitrogens with zero attached hydrogens (tertiary/aromatic N) is 2. The van der Waals surface area contributed by atoms with Gasteiger partial charge < -0.3 is 10.0 Å². The van der Waals surface area contributed by atoms with Crippen molar-refractivity contribution in [2.75, 3.05) is 39.8 Å². The van der Waals surface area contributed by atoms with Crippen molar-refractivity contribution < 1.29 is 9.90 Å². The molecule has 0 bridgehead atoms. The largest absolute Gasteiger partial charge is 0.481 e. The fourth-order valence-corrected chi connectivity index (χ4v) is 2.57. The number of halogens is 1. The molecule has 0 aromatic heterocycles. The van der Waals surface area contributed by atoms with Gasteiger partial charge in [-0.15, -0.1) is 0 Å². The first-order valence-corrected chi connectivity index (χ1v) is 6.64. The molecule has 18 heavy (non-hydrogen) atoms. The summed E-state index contributed by atoms with van der Waals surface area (Å²) >= 11 is 6.16. The van der Waals surface area contributed by atoms with E-state index in [4.69, 9.17) is 16.7 Å². The lowest BCUT2D eigenvalue weighted by atomic mass is 9.96. The molecule has 5 heteroatoms. The highest BCUT2D eigenvalue weighted by molar-refractivity contribution is 6.32. The van der Waals surface area contributed by atoms with Gasteiger partial charge in [0.05, 0.1) is 5.92 Å². The van der Waals surface area contributed by atoms with Gasteiger partial charge in [0, 0.05) is 37.8 Å². The van der Waals surface area contributed by atoms with E-state index in [0.29, 0.717) is 11.5 Å². The second-order valence-corrected chi connectivity index (χ2v) is 5.41. The predicted molar refractivity (Wildman–Crippen MR) is 71.7 cm³/mol. The summed E-state index contributed by atoms with van der Waals surface area (Å²) in [4.78, 5) is 15.6. The van der Waals surface area contributed by atoms with Crippen LogP contribution in [0.4, 0.5) is 0 Å². The highest BCUT2D eigenvalue weighted by Crippen LogP contribution is 2.26. The van der Waals surface area contributed by atoms with Crippen LogP contribution in [0.2, 0.25) is 0 Å². The molecule has 1 aliphatic heterocycles. The maximum atomic E-state index is 10.9. The fourth-order valence-electron chi connectivity index (χ4n) is 2.28. The molecule has 2 aliphatic rings. The van der Waals surface area contributed by atoms with Crippen LogP contribution >= 0.6 is 11.6 Å². The molecule has 0 radical (unpaired) electrons. The maximum Gasteiger partial charge on any atom is 0.310 e. The SMILES string of the molecule is CN1CCN(CC2=CCC(C(=O)O)C=C2Cl)CC1. The van der Waals surface area contributed by atoms with Crippen molar-refractivity contribution in [3.05, 3.63) is 22.8 Å². The summed E-state index contributed by atoms with van der Waals surface area (Å²) in [6, 6.07) is 0. The third-order valence-corrected chi connectivity index (χ3v) is 3.95. The van der Waals surface area contributed by atoms with Gasteiger partial charge in [-0.1, -0.05) is 23.8 Å². The molecule has 4 nitrogen and oxygen atoms in total. The molecular weight excluding hydrogens is 252 g/mol. The number of carbonyl (C=O) groups is 1. The molecule has 1 heterocycles. The van der Waals surface area contributed by atoms with Crippen LogP contribution in [-0.4, -0.2) is 60.6 Å². The molecule has 1 aliphatic carbocycles. The lowest BCUT2D eigenvalue weighted by Crippen LogP contribution is -2.45. The van der Waals surface area contributed by atoms with Crippen LogP contribution < -0.4 is 0 Å². The number of hydrogen-bond donors (Lipinski definition) is 1. The van der Waals surface area contributed by atoms with Crippen LogP contribution in [0, 0.1) is 5.92 Å². The highest BCUT2D eigenvalue weighted by atomic mass is 35.5. The van der Waals surface area contributed by atoms with Crippen molar-refractivity contribution in [3.63, 3.8) is 0 Å². The summed E-state index contributed by atoms with van der Waals surface area (Å²) in [5.41, 5.74) is 1.07. The first-order valence-electron chi connectivity index (χ1n) is 6.26. The van der Waals surface area contributed by atoms with Gasteiger partial charge in [-0.2, -0.15) is 0 Å². The Kier molecular flexibility index (Phi) is 4.43. The van der Waals surface area contributed by atoms with E-state index >= 15 is 0 Å². The molecule has 0 aromatic carbocycles. The topological polar surface area (TPSA) is 43.8 Å². The Morgan fingerprint density at radius 2 is 2.11 bits per heavy atom. The average Bonchev–Trinajstić information content (AvgIpc) is 2.34. The summed E-state index contributed by atoms with van der Waals surface area (Å²) in [6.07, 6.45) is 4.18. The van der Waals surface area contributed by atoms with Crippen molar-refractivity contribution in [1.82, 2.24) is 9.80 Å². The van der Waals surface area contributed by atoms with Crippen molar-refractivity contribution in [2.24, 2.45) is 5.92 Å². The van der Waals surface area contributed by atoms with Crippen molar-refractivity contribution in [1.29, 1.82) is 0 Å². The number of hydrogen-bond acceptors (Lipinski definition) is 3. The Bertz CT molecular complexity index is 384. The van der Waals surface area contributed by atoms with E-state index in [1.165, 1.54) is 0 Å². The van der Waals surface area contributed by atoms with Crippen molar-refractivity contribution in [2.45, 2.75) is 6.42 Å². The summed E-state index contributed by atoms with van der Waals surface area (Å²) < 4.78 is 0. The number of rotatable bonds is 3. The number of carboxylic acid groups (broad SMARTS) is 1. The molecular formula is C13H19ClN2O2. The Labute approximate surface area is 113 Å². The lowest BCUT2D eigenvalue weighted by molar-refractivity contribution is -0.139. The minimum atomic E-state index is -0.803. The molecule has 0 aromatic rings. The number of piperazine rings is 1. The van der Waals surface area contributed by atoms with E-state index in [0.717, 1.165) is 38.3 Å². The summed E-state index contributed by atoms with van der Waals surface area (Å²) in [7, 11) is 2.13. The minimum absolute atomic E-state index is 0.464. The van der Waals surface area contributed by atoms with Gasteiger partial charge in [-0.3, -0.25) is 9.69 Å². The van der Waals surface area contributed by atoms with Gasteiger partial charge in [0.1, 0.15) is 0 Å². The van der Waals surface area contributed by atoms with Crippen LogP contribution in [0.25, 0.3) is 0 Å². The van der Waals surface area contributed by atoms with E-state index in [1.807, 2.05) is 6.08 Å². The number of carboxylic acids is 1. The molecule has 100 valence electrons. The zero-order valence-corrected chi connectivity index (χ0v) is 11.4. The third kappa shape index (κ3) is 3.34. The molecule has 2 rings (SSSR count). The van der Waals surface area contributed by atoms with Crippen LogP contribution in [-0.2, 0) is 4.79 Å². The standard InChI is InChI=1S/C13H19ClN2O2/c1-15-4-6-16(7-5-15)9-11-3-2-10(13(17)18)8-12(11)14/h3,8,10H,2,4-7,9H2,1H3,(H,17,18). The van der Waals surface area contributed by atoms with Crippen LogP contribution in [0.3, 0.4) is 0 Å². The Hall–Kier alpha value is -0.840. The zero-order chi connectivity index (χ0) is 13.1. The van der Waals surface area contributed by atoms with E-state index in [2.05, 4.69) is 16.8 Å². The van der Waals surface area contributed by atoms with Gasteiger partial charge in [0.15, 0.2) is 0 Å². The normalized spacial score (nSPS) is 26.7. The Morgan fingerprint density at radius 1 is 1.44 bits per heavy atom. The van der Waals surface area contributed by atoms with E-state index in [-0.39, 0.29) is 0 Å². The van der Waals surface area contributed by atoms with Gasteiger partial charge in [-0.25, -0.2) is 0 Å². The molecule has 1 atom stereocenters. The molecule has 0 spiro atoms. The summed E-state index contributed by atoms with van der Waals surface area (Å²) in [5.74, 6) is -1.27. The van der Waals surface area contributed by atoms with Gasteiger partial charge >= 0.3 is 5.97 Å².